The van der Waals surface area contributed by atoms with Crippen LogP contribution in [0.3, 0.4) is 0 Å². The van der Waals surface area contributed by atoms with E-state index >= 15 is 0 Å². The molecule has 0 saturated heterocycles. The molecule has 0 aliphatic carbocycles. The smallest absolute Gasteiger partial charge is 0.306 e. The van der Waals surface area contributed by atoms with Gasteiger partial charge < -0.3 is 14.2 Å². The first-order valence-electron chi connectivity index (χ1n) is 33.0. The van der Waals surface area contributed by atoms with Gasteiger partial charge in [-0.2, -0.15) is 0 Å². The normalized spacial score (nSPS) is 12.2. The summed E-state index contributed by atoms with van der Waals surface area (Å²) in [6, 6.07) is 0. The van der Waals surface area contributed by atoms with Crippen LogP contribution in [-0.4, -0.2) is 37.2 Å². The first-order chi connectivity index (χ1) is 36.5. The number of hydrogen-bond acceptors (Lipinski definition) is 6. The lowest BCUT2D eigenvalue weighted by molar-refractivity contribution is -0.167. The van der Waals surface area contributed by atoms with Gasteiger partial charge in [0.25, 0.3) is 0 Å². The molecule has 1 atom stereocenters. The fraction of sp³-hybridized carbons (Fsp3) is 0.868. The van der Waals surface area contributed by atoms with Gasteiger partial charge in [-0.3, -0.25) is 14.4 Å². The Hall–Kier alpha value is -2.37. The number of esters is 3. The maximum absolute atomic E-state index is 12.9. The van der Waals surface area contributed by atoms with E-state index in [0.717, 1.165) is 83.5 Å². The monoisotopic (exact) mass is 1040 g/mol. The Bertz CT molecular complexity index is 1240. The van der Waals surface area contributed by atoms with Gasteiger partial charge in [0.2, 0.25) is 0 Å². The minimum atomic E-state index is -0.774. The number of hydrogen-bond donors (Lipinski definition) is 0. The van der Waals surface area contributed by atoms with Gasteiger partial charge in [-0.25, -0.2) is 0 Å². The summed E-state index contributed by atoms with van der Waals surface area (Å²) in [6.45, 7) is 6.59. The quantitative estimate of drug-likeness (QED) is 0.0261. The molecule has 0 radical (unpaired) electrons. The van der Waals surface area contributed by atoms with Crippen molar-refractivity contribution < 1.29 is 28.6 Å². The van der Waals surface area contributed by atoms with Crippen LogP contribution >= 0.6 is 0 Å². The topological polar surface area (TPSA) is 78.9 Å². The Morgan fingerprint density at radius 3 is 0.824 bits per heavy atom. The van der Waals surface area contributed by atoms with E-state index in [4.69, 9.17) is 14.2 Å². The van der Waals surface area contributed by atoms with Crippen LogP contribution in [0.4, 0.5) is 0 Å². The molecule has 0 fully saturated rings. The predicted molar refractivity (Wildman–Crippen MR) is 321 cm³/mol. The van der Waals surface area contributed by atoms with Crippen molar-refractivity contribution in [2.45, 2.75) is 367 Å². The highest BCUT2D eigenvalue weighted by atomic mass is 16.6. The van der Waals surface area contributed by atoms with Crippen molar-refractivity contribution in [1.82, 2.24) is 0 Å². The Labute approximate surface area is 461 Å². The molecule has 0 bridgehead atoms. The maximum Gasteiger partial charge on any atom is 0.306 e. The van der Waals surface area contributed by atoms with Gasteiger partial charge in [-0.1, -0.05) is 327 Å². The molecule has 0 aromatic rings. The van der Waals surface area contributed by atoms with Crippen molar-refractivity contribution in [1.29, 1.82) is 0 Å². The molecule has 0 aromatic heterocycles. The minimum Gasteiger partial charge on any atom is -0.462 e. The fourth-order valence-corrected chi connectivity index (χ4v) is 9.99. The lowest BCUT2D eigenvalue weighted by Crippen LogP contribution is -2.30. The van der Waals surface area contributed by atoms with Crippen molar-refractivity contribution in [2.75, 3.05) is 13.2 Å². The summed E-state index contributed by atoms with van der Waals surface area (Å²) in [6.07, 6.45) is 77.4. The molecular formula is C68H126O6. The second-order valence-electron chi connectivity index (χ2n) is 22.4. The average Bonchev–Trinajstić information content (AvgIpc) is 3.40. The molecule has 0 rings (SSSR count). The summed E-state index contributed by atoms with van der Waals surface area (Å²) < 4.78 is 16.9. The third-order valence-electron chi connectivity index (χ3n) is 14.9. The van der Waals surface area contributed by atoms with Gasteiger partial charge in [-0.05, 0) is 51.4 Å². The zero-order valence-corrected chi connectivity index (χ0v) is 49.9. The van der Waals surface area contributed by atoms with Gasteiger partial charge in [0, 0.05) is 19.3 Å². The number of allylic oxidation sites excluding steroid dienone is 6. The van der Waals surface area contributed by atoms with Gasteiger partial charge in [0.15, 0.2) is 6.10 Å². The summed E-state index contributed by atoms with van der Waals surface area (Å²) >= 11 is 0. The third kappa shape index (κ3) is 60.5. The van der Waals surface area contributed by atoms with Crippen molar-refractivity contribution in [3.63, 3.8) is 0 Å². The molecule has 0 aliphatic rings. The number of ether oxygens (including phenoxy) is 3. The van der Waals surface area contributed by atoms with E-state index in [1.807, 2.05) is 0 Å². The van der Waals surface area contributed by atoms with Crippen LogP contribution in [0.5, 0.6) is 0 Å². The minimum absolute atomic E-state index is 0.0708. The molecule has 0 N–H and O–H groups in total. The molecule has 6 nitrogen and oxygen atoms in total. The van der Waals surface area contributed by atoms with Gasteiger partial charge >= 0.3 is 17.9 Å². The molecule has 1 unspecified atom stereocenters. The molecule has 74 heavy (non-hydrogen) atoms. The van der Waals surface area contributed by atoms with Crippen LogP contribution < -0.4 is 0 Å². The van der Waals surface area contributed by atoms with E-state index in [1.165, 1.54) is 238 Å². The summed E-state index contributed by atoms with van der Waals surface area (Å²) in [4.78, 5) is 38.3. The number of carbonyl (C=O) groups excluding carboxylic acids is 3. The maximum atomic E-state index is 12.9. The lowest BCUT2D eigenvalue weighted by atomic mass is 10.0. The van der Waals surface area contributed by atoms with Crippen LogP contribution in [-0.2, 0) is 28.6 Å². The van der Waals surface area contributed by atoms with E-state index < -0.39 is 6.10 Å². The molecule has 6 heteroatoms. The van der Waals surface area contributed by atoms with E-state index in [0.29, 0.717) is 19.3 Å². The van der Waals surface area contributed by atoms with Crippen molar-refractivity contribution in [3.8, 4) is 0 Å². The highest BCUT2D eigenvalue weighted by Crippen LogP contribution is 2.18. The lowest BCUT2D eigenvalue weighted by Gasteiger charge is -2.18. The van der Waals surface area contributed by atoms with E-state index in [1.54, 1.807) is 0 Å². The highest BCUT2D eigenvalue weighted by Gasteiger charge is 2.19. The van der Waals surface area contributed by atoms with E-state index in [-0.39, 0.29) is 31.1 Å². The standard InChI is InChI=1S/C68H126O6/c1-4-7-10-13-16-19-22-25-27-29-30-31-32-33-34-35-36-37-39-40-43-46-49-52-55-58-61-67(70)73-64-65(63-72-66(69)60-57-54-51-48-45-42-24-21-18-15-12-9-6-3)74-68(71)62-59-56-53-50-47-44-41-38-28-26-23-20-17-14-11-8-5-2/h8,11,17,20,26,28,65H,4-7,9-10,12-16,18-19,21-25,27,29-64H2,1-3H3/b11-8-,20-17-,28-26-. The molecular weight excluding hydrogens is 913 g/mol. The first-order valence-corrected chi connectivity index (χ1v) is 33.0. The zero-order valence-electron chi connectivity index (χ0n) is 49.9. The Balaban J connectivity index is 4.21. The van der Waals surface area contributed by atoms with Crippen LogP contribution in [0.2, 0.25) is 0 Å². The Kier molecular flexibility index (Phi) is 61.1. The van der Waals surface area contributed by atoms with Crippen molar-refractivity contribution in [3.05, 3.63) is 36.5 Å². The van der Waals surface area contributed by atoms with Crippen LogP contribution in [0.1, 0.15) is 361 Å². The zero-order chi connectivity index (χ0) is 53.6. The highest BCUT2D eigenvalue weighted by molar-refractivity contribution is 5.71. The van der Waals surface area contributed by atoms with Gasteiger partial charge in [0.1, 0.15) is 13.2 Å². The molecule has 0 aliphatic heterocycles. The summed E-state index contributed by atoms with van der Waals surface area (Å²) in [7, 11) is 0. The second kappa shape index (κ2) is 63.2. The Morgan fingerprint density at radius 2 is 0.527 bits per heavy atom. The van der Waals surface area contributed by atoms with Crippen LogP contribution in [0.25, 0.3) is 0 Å². The summed E-state index contributed by atoms with van der Waals surface area (Å²) in [5.74, 6) is -0.855. The number of carbonyl (C=O) groups is 3. The average molecular weight is 1040 g/mol. The molecule has 0 saturated carbocycles. The summed E-state index contributed by atoms with van der Waals surface area (Å²) in [5.41, 5.74) is 0. The molecule has 0 amide bonds. The first kappa shape index (κ1) is 71.6. The van der Waals surface area contributed by atoms with E-state index in [9.17, 15) is 14.4 Å². The van der Waals surface area contributed by atoms with E-state index in [2.05, 4.69) is 57.2 Å². The molecule has 0 heterocycles. The van der Waals surface area contributed by atoms with Gasteiger partial charge in [-0.15, -0.1) is 0 Å². The van der Waals surface area contributed by atoms with Gasteiger partial charge in [0.05, 0.1) is 0 Å². The van der Waals surface area contributed by atoms with Crippen molar-refractivity contribution in [2.24, 2.45) is 0 Å². The molecule has 0 aromatic carbocycles. The number of unbranched alkanes of at least 4 members (excludes halogenated alkanes) is 44. The molecule has 0 spiro atoms. The summed E-state index contributed by atoms with van der Waals surface area (Å²) in [5, 5.41) is 0. The SMILES string of the molecule is CC/C=C\C/C=C\C/C=C\CCCCCCCCCC(=O)OC(COC(=O)CCCCCCCCCCCCCCC)COC(=O)CCCCCCCCCCCCCCCCCCCCCCCCCCCC. The number of rotatable bonds is 61. The van der Waals surface area contributed by atoms with Crippen LogP contribution in [0.15, 0.2) is 36.5 Å². The van der Waals surface area contributed by atoms with Crippen molar-refractivity contribution >= 4 is 17.9 Å². The molecule has 434 valence electrons. The largest absolute Gasteiger partial charge is 0.462 e. The second-order valence-corrected chi connectivity index (χ2v) is 22.4. The fourth-order valence-electron chi connectivity index (χ4n) is 9.99. The van der Waals surface area contributed by atoms with Crippen LogP contribution in [0, 0.1) is 0 Å². The Morgan fingerprint density at radius 1 is 0.284 bits per heavy atom. The predicted octanol–water partition coefficient (Wildman–Crippen LogP) is 22.4. The third-order valence-corrected chi connectivity index (χ3v) is 14.9.